The number of halogens is 1. The van der Waals surface area contributed by atoms with E-state index >= 15 is 0 Å². The Labute approximate surface area is 210 Å². The van der Waals surface area contributed by atoms with Gasteiger partial charge in [-0.2, -0.15) is 0 Å². The van der Waals surface area contributed by atoms with Gasteiger partial charge in [-0.1, -0.05) is 35.9 Å². The van der Waals surface area contributed by atoms with Crippen molar-refractivity contribution in [3.8, 4) is 23.0 Å². The molecule has 12 nitrogen and oxygen atoms in total. The van der Waals surface area contributed by atoms with Crippen molar-refractivity contribution in [3.05, 3.63) is 125 Å². The monoisotopic (exact) mass is 524 g/mol. The van der Waals surface area contributed by atoms with Crippen molar-refractivity contribution >= 4 is 11.6 Å². The number of hydrogen-bond donors (Lipinski definition) is 2. The van der Waals surface area contributed by atoms with Crippen LogP contribution in [-0.4, -0.2) is 19.4 Å². The number of aromatic nitrogens is 4. The fourth-order valence-corrected chi connectivity index (χ4v) is 3.64. The second-order valence-corrected chi connectivity index (χ2v) is 8.24. The Morgan fingerprint density at radius 1 is 0.622 bits per heavy atom. The molecule has 0 unspecified atom stereocenters. The van der Waals surface area contributed by atoms with E-state index < -0.39 is 22.9 Å². The normalized spacial score (nSPS) is 10.9. The van der Waals surface area contributed by atoms with Crippen molar-refractivity contribution < 1.29 is 18.5 Å². The summed E-state index contributed by atoms with van der Waals surface area (Å²) in [6.07, 6.45) is 0. The fourth-order valence-electron chi connectivity index (χ4n) is 3.42. The lowest BCUT2D eigenvalue weighted by molar-refractivity contribution is 0.258. The summed E-state index contributed by atoms with van der Waals surface area (Å²) >= 11 is 6.24. The molecule has 0 fully saturated rings. The van der Waals surface area contributed by atoms with Gasteiger partial charge in [-0.15, -0.1) is 9.48 Å². The van der Waals surface area contributed by atoms with Crippen molar-refractivity contribution in [2.24, 2.45) is 0 Å². The average Bonchev–Trinajstić information content (AvgIpc) is 3.34. The molecule has 0 spiro atoms. The van der Waals surface area contributed by atoms with Crippen LogP contribution < -0.4 is 32.4 Å². The molecule has 3 aromatic carbocycles. The molecular weight excluding hydrogens is 508 g/mol. The highest BCUT2D eigenvalue weighted by Gasteiger charge is 2.08. The van der Waals surface area contributed by atoms with E-state index in [1.54, 1.807) is 66.7 Å². The molecule has 5 aromatic rings. The second-order valence-electron chi connectivity index (χ2n) is 7.81. The van der Waals surface area contributed by atoms with Gasteiger partial charge in [-0.25, -0.2) is 29.1 Å². The van der Waals surface area contributed by atoms with E-state index in [2.05, 4.69) is 0 Å². The Kier molecular flexibility index (Phi) is 6.39. The van der Waals surface area contributed by atoms with Crippen LogP contribution >= 0.6 is 11.6 Å². The van der Waals surface area contributed by atoms with E-state index in [9.17, 15) is 19.2 Å². The van der Waals surface area contributed by atoms with E-state index in [1.807, 2.05) is 9.97 Å². The molecule has 0 aliphatic heterocycles. The zero-order valence-electron chi connectivity index (χ0n) is 18.8. The lowest BCUT2D eigenvalue weighted by Gasteiger charge is -2.11. The Balaban J connectivity index is 1.25. The standard InChI is InChI=1S/C24H17ClN4O8/c25-16-9-19(34-17-5-1-14(2-6-17)12-28-21(30)26-23(32)36-28)11-20(10-16)35-18-7-3-15(4-8-18)13-29-22(31)27-24(33)37-29/h1-11H,12-13H2,(H,26,30,32)(H,27,31,33). The van der Waals surface area contributed by atoms with Crippen LogP contribution in [0.1, 0.15) is 11.1 Å². The van der Waals surface area contributed by atoms with Crippen LogP contribution in [-0.2, 0) is 13.1 Å². The summed E-state index contributed by atoms with van der Waals surface area (Å²) in [5.74, 6) is 0.251. The minimum absolute atomic E-state index is 0.0855. The molecule has 0 aliphatic rings. The molecule has 2 aromatic heterocycles. The highest BCUT2D eigenvalue weighted by atomic mass is 35.5. The second kappa shape index (κ2) is 9.95. The molecular formula is C24H17ClN4O8. The fraction of sp³-hybridized carbons (Fsp3) is 0.0833. The van der Waals surface area contributed by atoms with Crippen LogP contribution in [0.5, 0.6) is 23.0 Å². The van der Waals surface area contributed by atoms with Crippen LogP contribution in [0.3, 0.4) is 0 Å². The van der Waals surface area contributed by atoms with Gasteiger partial charge >= 0.3 is 22.9 Å². The summed E-state index contributed by atoms with van der Waals surface area (Å²) in [7, 11) is 0. The molecule has 13 heteroatoms. The van der Waals surface area contributed by atoms with Crippen molar-refractivity contribution in [2.75, 3.05) is 0 Å². The average molecular weight is 525 g/mol. The quantitative estimate of drug-likeness (QED) is 0.314. The molecule has 0 saturated heterocycles. The van der Waals surface area contributed by atoms with E-state index in [0.717, 1.165) is 20.6 Å². The highest BCUT2D eigenvalue weighted by molar-refractivity contribution is 6.30. The van der Waals surface area contributed by atoms with Crippen molar-refractivity contribution in [1.29, 1.82) is 0 Å². The maximum atomic E-state index is 11.6. The van der Waals surface area contributed by atoms with E-state index in [1.165, 1.54) is 0 Å². The van der Waals surface area contributed by atoms with Crippen LogP contribution in [0.15, 0.2) is 95.0 Å². The zero-order chi connectivity index (χ0) is 25.9. The topological polar surface area (TPSA) is 154 Å². The van der Waals surface area contributed by atoms with Gasteiger partial charge in [0.15, 0.2) is 0 Å². The van der Waals surface area contributed by atoms with Gasteiger partial charge in [0.1, 0.15) is 23.0 Å². The number of nitrogens with zero attached hydrogens (tertiary/aromatic N) is 2. The van der Waals surface area contributed by atoms with Crippen molar-refractivity contribution in [2.45, 2.75) is 13.1 Å². The number of hydrogen-bond acceptors (Lipinski definition) is 8. The van der Waals surface area contributed by atoms with Gasteiger partial charge in [0, 0.05) is 11.1 Å². The van der Waals surface area contributed by atoms with Crippen molar-refractivity contribution in [1.82, 2.24) is 19.4 Å². The summed E-state index contributed by atoms with van der Waals surface area (Å²) in [4.78, 5) is 49.5. The van der Waals surface area contributed by atoms with Crippen LogP contribution in [0, 0.1) is 0 Å². The Morgan fingerprint density at radius 3 is 1.38 bits per heavy atom. The van der Waals surface area contributed by atoms with Gasteiger partial charge in [0.2, 0.25) is 0 Å². The minimum Gasteiger partial charge on any atom is -0.457 e. The van der Waals surface area contributed by atoms with Gasteiger partial charge in [-0.3, -0.25) is 0 Å². The number of rotatable bonds is 8. The first-order valence-corrected chi connectivity index (χ1v) is 11.1. The SMILES string of the molecule is O=c1[nH]c(=O)n(Cc2ccc(Oc3cc(Cl)cc(Oc4ccc(Cn5oc(=O)[nH]c5=O)cc4)c3)cc2)o1. The van der Waals surface area contributed by atoms with Crippen molar-refractivity contribution in [3.63, 3.8) is 0 Å². The molecule has 0 aliphatic carbocycles. The van der Waals surface area contributed by atoms with Crippen LogP contribution in [0.2, 0.25) is 5.02 Å². The molecule has 0 bridgehead atoms. The third-order valence-corrected chi connectivity index (χ3v) is 5.29. The molecule has 5 rings (SSSR count). The Hall–Kier alpha value is -4.97. The first-order valence-electron chi connectivity index (χ1n) is 10.8. The summed E-state index contributed by atoms with van der Waals surface area (Å²) in [6.45, 7) is 0.171. The van der Waals surface area contributed by atoms with E-state index in [4.69, 9.17) is 30.1 Å². The van der Waals surface area contributed by atoms with Gasteiger partial charge in [0.05, 0.1) is 13.1 Å². The number of nitrogens with one attached hydrogen (secondary N) is 2. The minimum atomic E-state index is -0.816. The first-order chi connectivity index (χ1) is 17.8. The molecule has 0 amide bonds. The lowest BCUT2D eigenvalue weighted by atomic mass is 10.2. The maximum absolute atomic E-state index is 11.6. The summed E-state index contributed by atoms with van der Waals surface area (Å²) in [5, 5.41) is 0.393. The predicted octanol–water partition coefficient (Wildman–Crippen LogP) is 2.91. The summed E-state index contributed by atoms with van der Waals surface area (Å²) in [6, 6.07) is 18.6. The summed E-state index contributed by atoms with van der Waals surface area (Å²) < 4.78 is 23.1. The first kappa shape index (κ1) is 23.8. The molecule has 2 heterocycles. The molecule has 0 radical (unpaired) electrons. The highest BCUT2D eigenvalue weighted by Crippen LogP contribution is 2.32. The number of benzene rings is 3. The third kappa shape index (κ3) is 5.82. The number of H-pyrrole nitrogens is 2. The summed E-state index contributed by atoms with van der Waals surface area (Å²) in [5.41, 5.74) is 0.186. The largest absolute Gasteiger partial charge is 0.457 e. The number of ether oxygens (including phenoxy) is 2. The molecule has 0 atom stereocenters. The van der Waals surface area contributed by atoms with Gasteiger partial charge in [-0.05, 0) is 47.5 Å². The van der Waals surface area contributed by atoms with Gasteiger partial charge < -0.3 is 18.5 Å². The molecule has 188 valence electrons. The lowest BCUT2D eigenvalue weighted by Crippen LogP contribution is -2.17. The molecule has 37 heavy (non-hydrogen) atoms. The van der Waals surface area contributed by atoms with E-state index in [-0.39, 0.29) is 13.1 Å². The van der Waals surface area contributed by atoms with E-state index in [0.29, 0.717) is 28.0 Å². The number of aromatic amines is 2. The van der Waals surface area contributed by atoms with Gasteiger partial charge in [0.25, 0.3) is 0 Å². The Bertz CT molecular complexity index is 1640. The Morgan fingerprint density at radius 2 is 1.03 bits per heavy atom. The van der Waals surface area contributed by atoms with Crippen LogP contribution in [0.25, 0.3) is 0 Å². The molecule has 2 N–H and O–H groups in total. The maximum Gasteiger partial charge on any atom is 0.440 e. The van der Waals surface area contributed by atoms with Crippen LogP contribution in [0.4, 0.5) is 0 Å². The third-order valence-electron chi connectivity index (χ3n) is 5.07. The predicted molar refractivity (Wildman–Crippen MR) is 130 cm³/mol. The smallest absolute Gasteiger partial charge is 0.440 e. The molecule has 0 saturated carbocycles. The zero-order valence-corrected chi connectivity index (χ0v) is 19.6.